The molecular weight excluding hydrogens is 164 g/mol. The van der Waals surface area contributed by atoms with Gasteiger partial charge in [-0.15, -0.1) is 0 Å². The molecule has 0 aliphatic carbocycles. The number of nitrogens with zero attached hydrogens (tertiary/aromatic N) is 2. The molecule has 1 heterocycles. The van der Waals surface area contributed by atoms with Gasteiger partial charge < -0.3 is 0 Å². The van der Waals surface area contributed by atoms with Gasteiger partial charge in [0, 0.05) is 12.6 Å². The summed E-state index contributed by atoms with van der Waals surface area (Å²) in [4.78, 5) is 15.1. The third kappa shape index (κ3) is 1.60. The Balaban J connectivity index is 3.37. The smallest absolute Gasteiger partial charge is 0.254 e. The molecule has 0 fully saturated rings. The minimum atomic E-state index is -0.0926. The van der Waals surface area contributed by atoms with Gasteiger partial charge in [-0.1, -0.05) is 11.6 Å². The highest BCUT2D eigenvalue weighted by atomic mass is 35.5. The van der Waals surface area contributed by atoms with Crippen LogP contribution in [0.2, 0.25) is 5.15 Å². The lowest BCUT2D eigenvalue weighted by Crippen LogP contribution is -2.21. The monoisotopic (exact) mass is 172 g/mol. The quantitative estimate of drug-likeness (QED) is 0.598. The van der Waals surface area contributed by atoms with E-state index in [1.54, 1.807) is 11.5 Å². The first kappa shape index (κ1) is 8.27. The van der Waals surface area contributed by atoms with Crippen LogP contribution < -0.4 is 5.56 Å². The Morgan fingerprint density at radius 3 is 2.82 bits per heavy atom. The number of hydrogen-bond acceptors (Lipinski definition) is 2. The molecule has 4 heteroatoms. The van der Waals surface area contributed by atoms with Crippen molar-refractivity contribution in [2.75, 3.05) is 0 Å². The molecule has 0 saturated heterocycles. The molecular formula is C7H9ClN2O. The van der Waals surface area contributed by atoms with Crippen molar-refractivity contribution in [2.45, 2.75) is 20.4 Å². The predicted octanol–water partition coefficient (Wildman–Crippen LogP) is 1.23. The van der Waals surface area contributed by atoms with Gasteiger partial charge in [0.1, 0.15) is 11.0 Å². The maximum absolute atomic E-state index is 11.1. The zero-order valence-electron chi connectivity index (χ0n) is 6.47. The Morgan fingerprint density at radius 1 is 1.73 bits per heavy atom. The van der Waals surface area contributed by atoms with Crippen LogP contribution in [-0.2, 0) is 6.54 Å². The zero-order valence-corrected chi connectivity index (χ0v) is 7.22. The minimum absolute atomic E-state index is 0.0926. The van der Waals surface area contributed by atoms with E-state index in [9.17, 15) is 4.79 Å². The van der Waals surface area contributed by atoms with Crippen LogP contribution in [0, 0.1) is 6.92 Å². The maximum atomic E-state index is 11.1. The SMILES string of the molecule is CCn1c(C)nc(Cl)cc1=O. The highest BCUT2D eigenvalue weighted by Crippen LogP contribution is 2.00. The van der Waals surface area contributed by atoms with Crippen molar-refractivity contribution in [3.05, 3.63) is 27.4 Å². The second kappa shape index (κ2) is 3.05. The Labute approximate surface area is 69.6 Å². The van der Waals surface area contributed by atoms with Crippen molar-refractivity contribution in [3.8, 4) is 0 Å². The van der Waals surface area contributed by atoms with Gasteiger partial charge in [0.05, 0.1) is 0 Å². The second-order valence-corrected chi connectivity index (χ2v) is 2.60. The summed E-state index contributed by atoms with van der Waals surface area (Å²) in [6.45, 7) is 4.29. The van der Waals surface area contributed by atoms with Crippen LogP contribution in [0.1, 0.15) is 12.7 Å². The Bertz CT molecular complexity index is 319. The van der Waals surface area contributed by atoms with Gasteiger partial charge in [0.15, 0.2) is 0 Å². The van der Waals surface area contributed by atoms with Gasteiger partial charge in [-0.3, -0.25) is 9.36 Å². The van der Waals surface area contributed by atoms with Crippen molar-refractivity contribution in [1.82, 2.24) is 9.55 Å². The molecule has 0 amide bonds. The minimum Gasteiger partial charge on any atom is -0.297 e. The zero-order chi connectivity index (χ0) is 8.43. The number of aromatic nitrogens is 2. The molecule has 0 spiro atoms. The van der Waals surface area contributed by atoms with E-state index in [0.717, 1.165) is 0 Å². The highest BCUT2D eigenvalue weighted by molar-refractivity contribution is 6.29. The lowest BCUT2D eigenvalue weighted by atomic mass is 10.5. The lowest BCUT2D eigenvalue weighted by molar-refractivity contribution is 0.675. The van der Waals surface area contributed by atoms with Gasteiger partial charge in [0.2, 0.25) is 0 Å². The summed E-state index contributed by atoms with van der Waals surface area (Å²) in [6.07, 6.45) is 0. The molecule has 0 aliphatic heterocycles. The Morgan fingerprint density at radius 2 is 2.36 bits per heavy atom. The average Bonchev–Trinajstić information content (AvgIpc) is 1.85. The van der Waals surface area contributed by atoms with E-state index in [4.69, 9.17) is 11.6 Å². The fourth-order valence-electron chi connectivity index (χ4n) is 0.971. The lowest BCUT2D eigenvalue weighted by Gasteiger charge is -2.04. The van der Waals surface area contributed by atoms with Crippen LogP contribution in [0.15, 0.2) is 10.9 Å². The van der Waals surface area contributed by atoms with Crippen LogP contribution in [0.4, 0.5) is 0 Å². The molecule has 0 atom stereocenters. The van der Waals surface area contributed by atoms with Crippen molar-refractivity contribution in [3.63, 3.8) is 0 Å². The fourth-order valence-corrected chi connectivity index (χ4v) is 1.19. The molecule has 1 aromatic heterocycles. The van der Waals surface area contributed by atoms with Gasteiger partial charge in [-0.05, 0) is 13.8 Å². The Kier molecular flexibility index (Phi) is 2.29. The molecule has 11 heavy (non-hydrogen) atoms. The number of hydrogen-bond donors (Lipinski definition) is 0. The third-order valence-electron chi connectivity index (χ3n) is 1.48. The number of rotatable bonds is 1. The summed E-state index contributed by atoms with van der Waals surface area (Å²) in [5, 5.41) is 0.261. The topological polar surface area (TPSA) is 34.9 Å². The first-order chi connectivity index (χ1) is 5.15. The molecule has 0 radical (unpaired) electrons. The largest absolute Gasteiger partial charge is 0.297 e. The summed E-state index contributed by atoms with van der Waals surface area (Å²) in [5.41, 5.74) is -0.0926. The van der Waals surface area contributed by atoms with Crippen molar-refractivity contribution in [2.24, 2.45) is 0 Å². The summed E-state index contributed by atoms with van der Waals surface area (Å²) in [7, 11) is 0. The van der Waals surface area contributed by atoms with Gasteiger partial charge in [-0.2, -0.15) is 0 Å². The summed E-state index contributed by atoms with van der Waals surface area (Å²) in [6, 6.07) is 1.32. The van der Waals surface area contributed by atoms with Crippen LogP contribution >= 0.6 is 11.6 Å². The fraction of sp³-hybridized carbons (Fsp3) is 0.429. The standard InChI is InChI=1S/C7H9ClN2O/c1-3-10-5(2)9-6(8)4-7(10)11/h4H,3H2,1-2H3. The van der Waals surface area contributed by atoms with Gasteiger partial charge in [0.25, 0.3) is 5.56 Å². The third-order valence-corrected chi connectivity index (χ3v) is 1.68. The molecule has 0 N–H and O–H groups in total. The molecule has 1 rings (SSSR count). The number of aryl methyl sites for hydroxylation is 1. The molecule has 0 unspecified atom stereocenters. The van der Waals surface area contributed by atoms with Gasteiger partial charge >= 0.3 is 0 Å². The highest BCUT2D eigenvalue weighted by Gasteiger charge is 1.99. The Hall–Kier alpha value is -0.830. The van der Waals surface area contributed by atoms with Crippen molar-refractivity contribution < 1.29 is 0 Å². The van der Waals surface area contributed by atoms with E-state index in [1.165, 1.54) is 6.07 Å². The van der Waals surface area contributed by atoms with Crippen LogP contribution in [0.5, 0.6) is 0 Å². The first-order valence-electron chi connectivity index (χ1n) is 3.39. The normalized spacial score (nSPS) is 10.1. The number of halogens is 1. The molecule has 0 bridgehead atoms. The van der Waals surface area contributed by atoms with Gasteiger partial charge in [-0.25, -0.2) is 4.98 Å². The summed E-state index contributed by atoms with van der Waals surface area (Å²) < 4.78 is 1.56. The van der Waals surface area contributed by atoms with E-state index < -0.39 is 0 Å². The molecule has 3 nitrogen and oxygen atoms in total. The van der Waals surface area contributed by atoms with E-state index in [2.05, 4.69) is 4.98 Å². The molecule has 0 saturated carbocycles. The predicted molar refractivity (Wildman–Crippen MR) is 43.9 cm³/mol. The van der Waals surface area contributed by atoms with E-state index in [0.29, 0.717) is 12.4 Å². The molecule has 1 aromatic rings. The van der Waals surface area contributed by atoms with E-state index in [-0.39, 0.29) is 10.7 Å². The van der Waals surface area contributed by atoms with Crippen LogP contribution in [0.25, 0.3) is 0 Å². The molecule has 0 aliphatic rings. The summed E-state index contributed by atoms with van der Waals surface area (Å²) in [5.74, 6) is 0.657. The van der Waals surface area contributed by atoms with E-state index >= 15 is 0 Å². The van der Waals surface area contributed by atoms with Crippen molar-refractivity contribution >= 4 is 11.6 Å². The molecule has 0 aromatic carbocycles. The van der Waals surface area contributed by atoms with E-state index in [1.807, 2.05) is 6.92 Å². The molecule has 60 valence electrons. The average molecular weight is 173 g/mol. The first-order valence-corrected chi connectivity index (χ1v) is 3.77. The van der Waals surface area contributed by atoms with Crippen molar-refractivity contribution in [1.29, 1.82) is 0 Å². The van der Waals surface area contributed by atoms with Crippen LogP contribution in [0.3, 0.4) is 0 Å². The summed E-state index contributed by atoms with van der Waals surface area (Å²) >= 11 is 5.55. The van der Waals surface area contributed by atoms with Crippen LogP contribution in [-0.4, -0.2) is 9.55 Å². The maximum Gasteiger partial charge on any atom is 0.254 e. The second-order valence-electron chi connectivity index (χ2n) is 2.21.